The maximum Gasteiger partial charge on any atom is 0.328 e. The average molecular weight is 342 g/mol. The van der Waals surface area contributed by atoms with Crippen molar-refractivity contribution in [3.05, 3.63) is 0 Å². The van der Waals surface area contributed by atoms with Gasteiger partial charge in [-0.1, -0.05) is 84.0 Å². The average Bonchev–Trinajstić information content (AvgIpc) is 2.51. The Morgan fingerprint density at radius 3 is 1.50 bits per heavy atom. The number of carbonyl (C=O) groups is 2. The predicted octanol–water partition coefficient (Wildman–Crippen LogP) is 5.45. The molecule has 4 nitrogen and oxygen atoms in total. The van der Waals surface area contributed by atoms with Crippen LogP contribution in [0.25, 0.3) is 0 Å². The normalized spacial score (nSPS) is 11.5. The number of hydrogen-bond acceptors (Lipinski definition) is 2. The van der Waals surface area contributed by atoms with Crippen LogP contribution in [-0.2, 0) is 9.59 Å². The number of carboxylic acids is 1. The smallest absolute Gasteiger partial charge is 0.328 e. The van der Waals surface area contributed by atoms with E-state index in [-0.39, 0.29) is 5.91 Å². The Kier molecular flexibility index (Phi) is 13.7. The minimum absolute atomic E-state index is 0.162. The lowest BCUT2D eigenvalue weighted by Gasteiger charge is -2.20. The lowest BCUT2D eigenvalue weighted by Crippen LogP contribution is -2.49. The van der Waals surface area contributed by atoms with E-state index in [1.165, 1.54) is 84.5 Å². The molecule has 0 aliphatic heterocycles. The van der Waals surface area contributed by atoms with Gasteiger partial charge in [0.2, 0.25) is 5.91 Å². The molecule has 0 unspecified atom stereocenters. The molecule has 0 aromatic carbocycles. The molecule has 0 bridgehead atoms. The zero-order chi connectivity index (χ0) is 18.3. The fourth-order valence-electron chi connectivity index (χ4n) is 2.77. The summed E-state index contributed by atoms with van der Waals surface area (Å²) in [5, 5.41) is 11.5. The standard InChI is InChI=1S/C20H39NO3/c1-4-5-6-7-8-9-10-11-12-13-14-15-16-17-18(22)21-20(2,3)19(23)24/h4-17H2,1-3H3,(H,21,22)(H,23,24). The highest BCUT2D eigenvalue weighted by atomic mass is 16.4. The van der Waals surface area contributed by atoms with Crippen molar-refractivity contribution in [2.75, 3.05) is 0 Å². The highest BCUT2D eigenvalue weighted by molar-refractivity contribution is 5.86. The molecule has 4 heteroatoms. The molecule has 1 amide bonds. The molecule has 0 heterocycles. The summed E-state index contributed by atoms with van der Waals surface area (Å²) in [6, 6.07) is 0. The minimum Gasteiger partial charge on any atom is -0.480 e. The van der Waals surface area contributed by atoms with Gasteiger partial charge in [0.15, 0.2) is 0 Å². The first-order valence-electron chi connectivity index (χ1n) is 9.94. The molecule has 0 saturated heterocycles. The van der Waals surface area contributed by atoms with Gasteiger partial charge in [-0.3, -0.25) is 4.79 Å². The zero-order valence-corrected chi connectivity index (χ0v) is 16.2. The van der Waals surface area contributed by atoms with E-state index in [1.807, 2.05) is 0 Å². The van der Waals surface area contributed by atoms with Gasteiger partial charge in [0.25, 0.3) is 0 Å². The monoisotopic (exact) mass is 341 g/mol. The van der Waals surface area contributed by atoms with E-state index in [4.69, 9.17) is 5.11 Å². The van der Waals surface area contributed by atoms with Crippen molar-refractivity contribution in [3.63, 3.8) is 0 Å². The summed E-state index contributed by atoms with van der Waals surface area (Å²) in [6.07, 6.45) is 17.0. The van der Waals surface area contributed by atoms with Gasteiger partial charge in [0.1, 0.15) is 5.54 Å². The highest BCUT2D eigenvalue weighted by Gasteiger charge is 2.28. The Labute approximate surface area is 148 Å². The quantitative estimate of drug-likeness (QED) is 0.367. The molecule has 0 aromatic rings. The van der Waals surface area contributed by atoms with Gasteiger partial charge in [-0.25, -0.2) is 4.79 Å². The third-order valence-electron chi connectivity index (χ3n) is 4.49. The van der Waals surface area contributed by atoms with Gasteiger partial charge in [-0.2, -0.15) is 0 Å². The molecule has 24 heavy (non-hydrogen) atoms. The summed E-state index contributed by atoms with van der Waals surface area (Å²) in [6.45, 7) is 5.28. The zero-order valence-electron chi connectivity index (χ0n) is 16.2. The molecule has 0 atom stereocenters. The number of unbranched alkanes of at least 4 members (excludes halogenated alkanes) is 12. The summed E-state index contributed by atoms with van der Waals surface area (Å²) in [5.41, 5.74) is -1.17. The van der Waals surface area contributed by atoms with Crippen LogP contribution in [0, 0.1) is 0 Å². The fourth-order valence-corrected chi connectivity index (χ4v) is 2.77. The second-order valence-corrected chi connectivity index (χ2v) is 7.47. The highest BCUT2D eigenvalue weighted by Crippen LogP contribution is 2.13. The molecule has 0 rings (SSSR count). The van der Waals surface area contributed by atoms with Crippen LogP contribution in [0.4, 0.5) is 0 Å². The maximum absolute atomic E-state index is 11.7. The summed E-state index contributed by atoms with van der Waals surface area (Å²) in [4.78, 5) is 22.6. The van der Waals surface area contributed by atoms with Crippen LogP contribution < -0.4 is 5.32 Å². The van der Waals surface area contributed by atoms with Crippen LogP contribution in [0.1, 0.15) is 111 Å². The Balaban J connectivity index is 3.33. The molecule has 0 saturated carbocycles. The molecule has 2 N–H and O–H groups in total. The van der Waals surface area contributed by atoms with Crippen molar-refractivity contribution < 1.29 is 14.7 Å². The van der Waals surface area contributed by atoms with Gasteiger partial charge in [0.05, 0.1) is 0 Å². The fraction of sp³-hybridized carbons (Fsp3) is 0.900. The molecule has 142 valence electrons. The summed E-state index contributed by atoms with van der Waals surface area (Å²) in [7, 11) is 0. The van der Waals surface area contributed by atoms with Gasteiger partial charge >= 0.3 is 5.97 Å². The van der Waals surface area contributed by atoms with Crippen molar-refractivity contribution in [2.24, 2.45) is 0 Å². The van der Waals surface area contributed by atoms with Crippen molar-refractivity contribution in [1.82, 2.24) is 5.32 Å². The van der Waals surface area contributed by atoms with Gasteiger partial charge in [-0.05, 0) is 20.3 Å². The molecule has 0 radical (unpaired) electrons. The van der Waals surface area contributed by atoms with E-state index in [0.29, 0.717) is 6.42 Å². The largest absolute Gasteiger partial charge is 0.480 e. The third-order valence-corrected chi connectivity index (χ3v) is 4.49. The van der Waals surface area contributed by atoms with Crippen LogP contribution in [0.5, 0.6) is 0 Å². The Morgan fingerprint density at radius 2 is 1.12 bits per heavy atom. The molecular weight excluding hydrogens is 302 g/mol. The summed E-state index contributed by atoms with van der Waals surface area (Å²) >= 11 is 0. The second kappa shape index (κ2) is 14.3. The molecular formula is C20H39NO3. The Morgan fingerprint density at radius 1 is 0.750 bits per heavy atom. The van der Waals surface area contributed by atoms with Crippen LogP contribution in [-0.4, -0.2) is 22.5 Å². The van der Waals surface area contributed by atoms with E-state index in [0.717, 1.165) is 12.8 Å². The van der Waals surface area contributed by atoms with E-state index in [2.05, 4.69) is 12.2 Å². The number of rotatable bonds is 16. The van der Waals surface area contributed by atoms with Crippen LogP contribution in [0.2, 0.25) is 0 Å². The Hall–Kier alpha value is -1.06. The van der Waals surface area contributed by atoms with Crippen LogP contribution in [0.15, 0.2) is 0 Å². The lowest BCUT2D eigenvalue weighted by molar-refractivity contribution is -0.146. The third kappa shape index (κ3) is 13.4. The first kappa shape index (κ1) is 22.9. The van der Waals surface area contributed by atoms with Gasteiger partial charge in [-0.15, -0.1) is 0 Å². The van der Waals surface area contributed by atoms with Gasteiger partial charge in [0, 0.05) is 6.42 Å². The van der Waals surface area contributed by atoms with Crippen LogP contribution >= 0.6 is 0 Å². The first-order valence-corrected chi connectivity index (χ1v) is 9.94. The minimum atomic E-state index is -1.17. The maximum atomic E-state index is 11.7. The van der Waals surface area contributed by atoms with E-state index in [9.17, 15) is 9.59 Å². The topological polar surface area (TPSA) is 66.4 Å². The molecule has 0 spiro atoms. The summed E-state index contributed by atoms with van der Waals surface area (Å²) in [5.74, 6) is -1.16. The number of nitrogens with one attached hydrogen (secondary N) is 1. The number of hydrogen-bond donors (Lipinski definition) is 2. The number of aliphatic carboxylic acids is 1. The van der Waals surface area contributed by atoms with Crippen molar-refractivity contribution in [1.29, 1.82) is 0 Å². The number of carbonyl (C=O) groups excluding carboxylic acids is 1. The SMILES string of the molecule is CCCCCCCCCCCCCCCC(=O)NC(C)(C)C(=O)O. The first-order chi connectivity index (χ1) is 11.4. The van der Waals surface area contributed by atoms with E-state index in [1.54, 1.807) is 0 Å². The van der Waals surface area contributed by atoms with Gasteiger partial charge < -0.3 is 10.4 Å². The van der Waals surface area contributed by atoms with Crippen molar-refractivity contribution in [3.8, 4) is 0 Å². The van der Waals surface area contributed by atoms with E-state index < -0.39 is 11.5 Å². The van der Waals surface area contributed by atoms with Crippen molar-refractivity contribution in [2.45, 2.75) is 116 Å². The molecule has 0 aliphatic rings. The van der Waals surface area contributed by atoms with Crippen LogP contribution in [0.3, 0.4) is 0 Å². The number of amides is 1. The van der Waals surface area contributed by atoms with E-state index >= 15 is 0 Å². The predicted molar refractivity (Wildman–Crippen MR) is 100 cm³/mol. The van der Waals surface area contributed by atoms with Crippen molar-refractivity contribution >= 4 is 11.9 Å². The number of carboxylic acid groups (broad SMARTS) is 1. The lowest BCUT2D eigenvalue weighted by atomic mass is 10.0. The second-order valence-electron chi connectivity index (χ2n) is 7.47. The molecule has 0 aromatic heterocycles. The Bertz CT molecular complexity index is 340. The molecule has 0 aliphatic carbocycles. The molecule has 0 fully saturated rings. The summed E-state index contributed by atoms with van der Waals surface area (Å²) < 4.78 is 0.